The lowest BCUT2D eigenvalue weighted by atomic mass is 10.1. The topological polar surface area (TPSA) is 79.0 Å². The Labute approximate surface area is 92.3 Å². The van der Waals surface area contributed by atoms with Gasteiger partial charge in [-0.1, -0.05) is 0 Å². The van der Waals surface area contributed by atoms with Gasteiger partial charge in [-0.15, -0.1) is 0 Å². The van der Waals surface area contributed by atoms with E-state index < -0.39 is 6.09 Å². The van der Waals surface area contributed by atoms with Gasteiger partial charge in [0.15, 0.2) is 6.61 Å². The summed E-state index contributed by atoms with van der Waals surface area (Å²) < 4.78 is 4.60. The molecule has 88 valence electrons. The molecule has 2 aliphatic heterocycles. The van der Waals surface area contributed by atoms with Gasteiger partial charge in [0.2, 0.25) is 0 Å². The number of carbonyl (C=O) groups excluding carboxylic acids is 3. The maximum atomic E-state index is 11.3. The highest BCUT2D eigenvalue weighted by Crippen LogP contribution is 2.19. The van der Waals surface area contributed by atoms with Crippen molar-refractivity contribution in [2.45, 2.75) is 13.0 Å². The van der Waals surface area contributed by atoms with E-state index in [9.17, 15) is 14.4 Å². The third-order valence-corrected chi connectivity index (χ3v) is 2.63. The van der Waals surface area contributed by atoms with Crippen molar-refractivity contribution in [2.75, 3.05) is 26.2 Å². The van der Waals surface area contributed by atoms with E-state index in [1.54, 1.807) is 4.90 Å². The number of urea groups is 1. The molecule has 2 fully saturated rings. The summed E-state index contributed by atoms with van der Waals surface area (Å²) in [6.07, 6.45) is -0.606. The molecule has 0 unspecified atom stereocenters. The molecule has 2 heterocycles. The molecule has 0 spiro atoms. The maximum absolute atomic E-state index is 11.3. The van der Waals surface area contributed by atoms with Crippen molar-refractivity contribution in [2.24, 2.45) is 0 Å². The third kappa shape index (κ3) is 1.68. The minimum atomic E-state index is -0.606. The van der Waals surface area contributed by atoms with E-state index in [4.69, 9.17) is 0 Å². The Balaban J connectivity index is 1.86. The lowest BCUT2D eigenvalue weighted by Gasteiger charge is -2.41. The van der Waals surface area contributed by atoms with E-state index >= 15 is 0 Å². The normalized spacial score (nSPS) is 20.8. The Hall–Kier alpha value is -1.79. The van der Waals surface area contributed by atoms with Crippen LogP contribution in [0.1, 0.15) is 6.92 Å². The molecule has 2 saturated heterocycles. The van der Waals surface area contributed by atoms with Crippen LogP contribution in [0.5, 0.6) is 0 Å². The van der Waals surface area contributed by atoms with Crippen molar-refractivity contribution in [1.82, 2.24) is 15.1 Å². The number of rotatable bonds is 2. The first kappa shape index (κ1) is 10.7. The standard InChI is InChI=1S/C9H13N3O4/c1-2-10-8(14)11-3-6(4-11)12-7(13)5-16-9(12)15/h6H,2-5H2,1H3,(H,10,14). The first-order chi connectivity index (χ1) is 7.63. The van der Waals surface area contributed by atoms with Gasteiger partial charge in [0.1, 0.15) is 0 Å². The van der Waals surface area contributed by atoms with Crippen LogP contribution in [0.3, 0.4) is 0 Å². The van der Waals surface area contributed by atoms with E-state index in [0.717, 1.165) is 4.90 Å². The largest absolute Gasteiger partial charge is 0.439 e. The minimum Gasteiger partial charge on any atom is -0.439 e. The van der Waals surface area contributed by atoms with Crippen LogP contribution in [-0.4, -0.2) is 60.1 Å². The summed E-state index contributed by atoms with van der Waals surface area (Å²) in [6.45, 7) is 2.97. The molecule has 0 aromatic rings. The van der Waals surface area contributed by atoms with Crippen molar-refractivity contribution >= 4 is 18.0 Å². The fourth-order valence-electron chi connectivity index (χ4n) is 1.76. The average Bonchev–Trinajstić information content (AvgIpc) is 2.47. The zero-order valence-corrected chi connectivity index (χ0v) is 8.93. The molecular formula is C9H13N3O4. The lowest BCUT2D eigenvalue weighted by molar-refractivity contribution is -0.129. The van der Waals surface area contributed by atoms with Gasteiger partial charge < -0.3 is 15.0 Å². The van der Waals surface area contributed by atoms with Crippen LogP contribution in [0.2, 0.25) is 0 Å². The zero-order valence-electron chi connectivity index (χ0n) is 8.93. The van der Waals surface area contributed by atoms with Gasteiger partial charge >= 0.3 is 12.1 Å². The van der Waals surface area contributed by atoms with Gasteiger partial charge in [-0.3, -0.25) is 4.79 Å². The van der Waals surface area contributed by atoms with Crippen molar-refractivity contribution in [1.29, 1.82) is 0 Å². The van der Waals surface area contributed by atoms with E-state index in [1.807, 2.05) is 6.92 Å². The Kier molecular flexibility index (Phi) is 2.67. The van der Waals surface area contributed by atoms with E-state index in [-0.39, 0.29) is 24.6 Å². The number of imide groups is 1. The van der Waals surface area contributed by atoms with Crippen LogP contribution in [0.15, 0.2) is 0 Å². The van der Waals surface area contributed by atoms with Crippen molar-refractivity contribution in [3.63, 3.8) is 0 Å². The second-order valence-corrected chi connectivity index (χ2v) is 3.71. The lowest BCUT2D eigenvalue weighted by Crippen LogP contribution is -2.63. The van der Waals surface area contributed by atoms with E-state index in [2.05, 4.69) is 10.1 Å². The highest BCUT2D eigenvalue weighted by atomic mass is 16.6. The van der Waals surface area contributed by atoms with Crippen molar-refractivity contribution in [3.8, 4) is 0 Å². The number of hydrogen-bond acceptors (Lipinski definition) is 4. The van der Waals surface area contributed by atoms with Crippen LogP contribution in [0.4, 0.5) is 9.59 Å². The zero-order chi connectivity index (χ0) is 11.7. The quantitative estimate of drug-likeness (QED) is 0.681. The second-order valence-electron chi connectivity index (χ2n) is 3.71. The van der Waals surface area contributed by atoms with Crippen molar-refractivity contribution < 1.29 is 19.1 Å². The average molecular weight is 227 g/mol. The van der Waals surface area contributed by atoms with Crippen LogP contribution in [-0.2, 0) is 9.53 Å². The Bertz CT molecular complexity index is 322. The molecule has 0 bridgehead atoms. The summed E-state index contributed by atoms with van der Waals surface area (Å²) in [5.74, 6) is -0.328. The molecule has 16 heavy (non-hydrogen) atoms. The predicted octanol–water partition coefficient (Wildman–Crippen LogP) is -0.621. The third-order valence-electron chi connectivity index (χ3n) is 2.63. The number of likely N-dealkylation sites (tertiary alicyclic amines) is 1. The summed E-state index contributed by atoms with van der Waals surface area (Å²) in [6, 6.07) is -0.399. The molecule has 1 N–H and O–H groups in total. The first-order valence-electron chi connectivity index (χ1n) is 5.15. The second kappa shape index (κ2) is 3.99. The van der Waals surface area contributed by atoms with Gasteiger partial charge in [0.05, 0.1) is 6.04 Å². The molecule has 7 nitrogen and oxygen atoms in total. The molecular weight excluding hydrogens is 214 g/mol. The fraction of sp³-hybridized carbons (Fsp3) is 0.667. The first-order valence-corrected chi connectivity index (χ1v) is 5.15. The van der Waals surface area contributed by atoms with Gasteiger partial charge in [0.25, 0.3) is 5.91 Å². The fourth-order valence-corrected chi connectivity index (χ4v) is 1.76. The molecule has 0 aliphatic carbocycles. The molecule has 0 aromatic heterocycles. The van der Waals surface area contributed by atoms with Gasteiger partial charge in [-0.2, -0.15) is 0 Å². The summed E-state index contributed by atoms with van der Waals surface area (Å²) in [5.41, 5.74) is 0. The maximum Gasteiger partial charge on any atom is 0.417 e. The molecule has 0 saturated carbocycles. The molecule has 4 amide bonds. The number of ether oxygens (including phenoxy) is 1. The highest BCUT2D eigenvalue weighted by Gasteiger charge is 2.44. The van der Waals surface area contributed by atoms with Crippen LogP contribution in [0, 0.1) is 0 Å². The van der Waals surface area contributed by atoms with Gasteiger partial charge in [0, 0.05) is 19.6 Å². The van der Waals surface area contributed by atoms with E-state index in [1.165, 1.54) is 0 Å². The Morgan fingerprint density at radius 3 is 2.69 bits per heavy atom. The monoisotopic (exact) mass is 227 g/mol. The summed E-state index contributed by atoms with van der Waals surface area (Å²) in [4.78, 5) is 36.5. The van der Waals surface area contributed by atoms with Crippen LogP contribution in [0.25, 0.3) is 0 Å². The molecule has 0 radical (unpaired) electrons. The number of carbonyl (C=O) groups is 3. The number of amides is 4. The molecule has 2 rings (SSSR count). The Morgan fingerprint density at radius 2 is 2.19 bits per heavy atom. The minimum absolute atomic E-state index is 0.168. The highest BCUT2D eigenvalue weighted by molar-refractivity contribution is 5.98. The van der Waals surface area contributed by atoms with Crippen LogP contribution < -0.4 is 5.32 Å². The van der Waals surface area contributed by atoms with Crippen molar-refractivity contribution in [3.05, 3.63) is 0 Å². The Morgan fingerprint density at radius 1 is 1.50 bits per heavy atom. The molecule has 7 heteroatoms. The summed E-state index contributed by atoms with van der Waals surface area (Å²) >= 11 is 0. The number of nitrogens with zero attached hydrogens (tertiary/aromatic N) is 2. The smallest absolute Gasteiger partial charge is 0.417 e. The van der Waals surface area contributed by atoms with E-state index in [0.29, 0.717) is 19.6 Å². The summed E-state index contributed by atoms with van der Waals surface area (Å²) in [5, 5.41) is 2.65. The SMILES string of the molecule is CCNC(=O)N1CC(N2C(=O)COC2=O)C1. The molecule has 0 aromatic carbocycles. The predicted molar refractivity (Wildman–Crippen MR) is 52.6 cm³/mol. The number of cyclic esters (lactones) is 1. The number of nitrogens with one attached hydrogen (secondary N) is 1. The molecule has 2 aliphatic rings. The van der Waals surface area contributed by atoms with Crippen LogP contribution >= 0.6 is 0 Å². The van der Waals surface area contributed by atoms with Gasteiger partial charge in [-0.25, -0.2) is 14.5 Å². The van der Waals surface area contributed by atoms with Gasteiger partial charge in [-0.05, 0) is 6.92 Å². The summed E-state index contributed by atoms with van der Waals surface area (Å²) in [7, 11) is 0. The number of hydrogen-bond donors (Lipinski definition) is 1. The molecule has 0 atom stereocenters.